The van der Waals surface area contributed by atoms with E-state index in [4.69, 9.17) is 16.3 Å². The van der Waals surface area contributed by atoms with Gasteiger partial charge >= 0.3 is 5.97 Å². The van der Waals surface area contributed by atoms with Crippen LogP contribution in [-0.2, 0) is 9.53 Å². The van der Waals surface area contributed by atoms with Crippen molar-refractivity contribution < 1.29 is 14.3 Å². The van der Waals surface area contributed by atoms with Crippen LogP contribution in [0.5, 0.6) is 0 Å². The first-order chi connectivity index (χ1) is 11.5. The highest BCUT2D eigenvalue weighted by Crippen LogP contribution is 2.18. The molecule has 0 spiro atoms. The number of amides is 1. The molecule has 0 saturated carbocycles. The maximum absolute atomic E-state index is 12.1. The van der Waals surface area contributed by atoms with Crippen molar-refractivity contribution in [2.75, 3.05) is 12.9 Å². The molecule has 24 heavy (non-hydrogen) atoms. The van der Waals surface area contributed by atoms with E-state index in [9.17, 15) is 9.59 Å². The second-order valence-electron chi connectivity index (χ2n) is 4.98. The number of hydrogen-bond acceptors (Lipinski definition) is 5. The van der Waals surface area contributed by atoms with Crippen molar-refractivity contribution >= 4 is 35.2 Å². The van der Waals surface area contributed by atoms with Crippen molar-refractivity contribution in [2.24, 2.45) is 0 Å². The van der Waals surface area contributed by atoms with E-state index in [2.05, 4.69) is 10.3 Å². The molecule has 0 unspecified atom stereocenters. The Labute approximate surface area is 149 Å². The molecule has 1 aromatic carbocycles. The Morgan fingerprint density at radius 3 is 2.67 bits per heavy atom. The summed E-state index contributed by atoms with van der Waals surface area (Å²) in [5.41, 5.74) is 1.26. The van der Waals surface area contributed by atoms with Crippen LogP contribution >= 0.6 is 23.4 Å². The zero-order valence-corrected chi connectivity index (χ0v) is 14.9. The third kappa shape index (κ3) is 4.97. The molecule has 1 N–H and O–H groups in total. The first-order valence-corrected chi connectivity index (χ1v) is 8.82. The van der Waals surface area contributed by atoms with Gasteiger partial charge in [0.25, 0.3) is 5.91 Å². The first kappa shape index (κ1) is 18.3. The number of rotatable bonds is 6. The average Bonchev–Trinajstić information content (AvgIpc) is 2.60. The molecule has 0 saturated heterocycles. The Hall–Kier alpha value is -2.05. The molecule has 5 nitrogen and oxygen atoms in total. The summed E-state index contributed by atoms with van der Waals surface area (Å²) >= 11 is 7.18. The van der Waals surface area contributed by atoms with E-state index < -0.39 is 5.97 Å². The number of aromatic nitrogens is 1. The number of benzene rings is 1. The van der Waals surface area contributed by atoms with Gasteiger partial charge in [0.2, 0.25) is 0 Å². The lowest BCUT2D eigenvalue weighted by atomic mass is 10.1. The smallest absolute Gasteiger partial charge is 0.341 e. The van der Waals surface area contributed by atoms with E-state index >= 15 is 0 Å². The molecule has 0 aliphatic carbocycles. The number of carbonyl (C=O) groups excluding carboxylic acids is 2. The molecule has 1 heterocycles. The number of carbonyl (C=O) groups is 2. The lowest BCUT2D eigenvalue weighted by Gasteiger charge is -2.14. The number of nitrogens with one attached hydrogen (secondary N) is 1. The van der Waals surface area contributed by atoms with E-state index in [0.29, 0.717) is 15.6 Å². The summed E-state index contributed by atoms with van der Waals surface area (Å²) in [6.07, 6.45) is 3.42. The number of halogens is 1. The van der Waals surface area contributed by atoms with Crippen molar-refractivity contribution in [3.05, 3.63) is 58.7 Å². The highest BCUT2D eigenvalue weighted by molar-refractivity contribution is 7.98. The third-order valence-corrected chi connectivity index (χ3v) is 4.23. The van der Waals surface area contributed by atoms with Gasteiger partial charge in [-0.15, -0.1) is 11.8 Å². The van der Waals surface area contributed by atoms with Crippen molar-refractivity contribution in [1.82, 2.24) is 10.3 Å². The Morgan fingerprint density at radius 2 is 2.00 bits per heavy atom. The molecule has 1 amide bonds. The molecule has 0 aliphatic rings. The molecule has 126 valence electrons. The van der Waals surface area contributed by atoms with Gasteiger partial charge in [-0.25, -0.2) is 9.78 Å². The van der Waals surface area contributed by atoms with Gasteiger partial charge in [0, 0.05) is 11.2 Å². The van der Waals surface area contributed by atoms with Gasteiger partial charge in [-0.05, 0) is 43.0 Å². The standard InChI is InChI=1S/C17H17ClN2O3S/c1-11(12-5-7-13(18)8-6-12)20-15(21)10-23-17(22)14-4-3-9-19-16(14)24-2/h3-9,11H,10H2,1-2H3,(H,20,21)/t11-/m1/s1. The van der Waals surface area contributed by atoms with Gasteiger partial charge in [0.15, 0.2) is 6.61 Å². The largest absolute Gasteiger partial charge is 0.452 e. The average molecular weight is 365 g/mol. The van der Waals surface area contributed by atoms with Crippen LogP contribution in [0.2, 0.25) is 5.02 Å². The maximum atomic E-state index is 12.1. The first-order valence-electron chi connectivity index (χ1n) is 7.22. The van der Waals surface area contributed by atoms with Gasteiger partial charge in [-0.2, -0.15) is 0 Å². The molecule has 0 bridgehead atoms. The molecule has 0 fully saturated rings. The summed E-state index contributed by atoms with van der Waals surface area (Å²) in [6.45, 7) is 1.50. The Balaban J connectivity index is 1.88. The summed E-state index contributed by atoms with van der Waals surface area (Å²) in [4.78, 5) is 28.1. The number of esters is 1. The van der Waals surface area contributed by atoms with Gasteiger partial charge in [0.1, 0.15) is 5.03 Å². The monoisotopic (exact) mass is 364 g/mol. The predicted octanol–water partition coefficient (Wildman–Crippen LogP) is 3.49. The van der Waals surface area contributed by atoms with Crippen LogP contribution in [0.4, 0.5) is 0 Å². The van der Waals surface area contributed by atoms with Gasteiger partial charge in [-0.1, -0.05) is 23.7 Å². The minimum Gasteiger partial charge on any atom is -0.452 e. The number of thioether (sulfide) groups is 1. The van der Waals surface area contributed by atoms with Crippen molar-refractivity contribution in [3.8, 4) is 0 Å². The minimum absolute atomic E-state index is 0.214. The van der Waals surface area contributed by atoms with Crippen LogP contribution in [-0.4, -0.2) is 29.7 Å². The van der Waals surface area contributed by atoms with Crippen LogP contribution in [0.3, 0.4) is 0 Å². The SMILES string of the molecule is CSc1ncccc1C(=O)OCC(=O)N[C@H](C)c1ccc(Cl)cc1. The molecule has 1 aromatic heterocycles. The van der Waals surface area contributed by atoms with Crippen LogP contribution in [0, 0.1) is 0 Å². The Bertz CT molecular complexity index is 722. The lowest BCUT2D eigenvalue weighted by molar-refractivity contribution is -0.124. The van der Waals surface area contributed by atoms with Crippen LogP contribution in [0.15, 0.2) is 47.6 Å². The van der Waals surface area contributed by atoms with E-state index in [1.807, 2.05) is 25.3 Å². The van der Waals surface area contributed by atoms with Gasteiger partial charge in [0.05, 0.1) is 11.6 Å². The molecule has 1 atom stereocenters. The molecule has 0 radical (unpaired) electrons. The zero-order chi connectivity index (χ0) is 17.5. The second-order valence-corrected chi connectivity index (χ2v) is 6.21. The predicted molar refractivity (Wildman–Crippen MR) is 94.3 cm³/mol. The maximum Gasteiger partial charge on any atom is 0.341 e. The highest BCUT2D eigenvalue weighted by atomic mass is 35.5. The summed E-state index contributed by atoms with van der Waals surface area (Å²) in [7, 11) is 0. The summed E-state index contributed by atoms with van der Waals surface area (Å²) in [5.74, 6) is -0.942. The Morgan fingerprint density at radius 1 is 1.29 bits per heavy atom. The normalized spacial score (nSPS) is 11.6. The minimum atomic E-state index is -0.568. The van der Waals surface area contributed by atoms with Gasteiger partial charge in [-0.3, -0.25) is 4.79 Å². The van der Waals surface area contributed by atoms with Crippen molar-refractivity contribution in [1.29, 1.82) is 0 Å². The zero-order valence-electron chi connectivity index (χ0n) is 13.3. The number of hydrogen-bond donors (Lipinski definition) is 1. The summed E-state index contributed by atoms with van der Waals surface area (Å²) < 4.78 is 5.06. The lowest BCUT2D eigenvalue weighted by Crippen LogP contribution is -2.31. The summed E-state index contributed by atoms with van der Waals surface area (Å²) in [5, 5.41) is 3.97. The quantitative estimate of drug-likeness (QED) is 0.627. The fourth-order valence-corrected chi connectivity index (χ4v) is 2.70. The Kier molecular flexibility index (Phi) is 6.63. The fourth-order valence-electron chi connectivity index (χ4n) is 2.04. The third-order valence-electron chi connectivity index (χ3n) is 3.27. The fraction of sp³-hybridized carbons (Fsp3) is 0.235. The molecule has 0 aliphatic heterocycles. The number of pyridine rings is 1. The van der Waals surface area contributed by atoms with E-state index in [1.54, 1.807) is 30.5 Å². The molecule has 2 aromatic rings. The van der Waals surface area contributed by atoms with Crippen molar-refractivity contribution in [2.45, 2.75) is 18.0 Å². The van der Waals surface area contributed by atoms with Crippen LogP contribution < -0.4 is 5.32 Å². The highest BCUT2D eigenvalue weighted by Gasteiger charge is 2.16. The van der Waals surface area contributed by atoms with E-state index in [-0.39, 0.29) is 18.6 Å². The van der Waals surface area contributed by atoms with E-state index in [1.165, 1.54) is 11.8 Å². The topological polar surface area (TPSA) is 68.3 Å². The second kappa shape index (κ2) is 8.70. The molecular formula is C17H17ClN2O3S. The number of nitrogens with zero attached hydrogens (tertiary/aromatic N) is 1. The van der Waals surface area contributed by atoms with E-state index in [0.717, 1.165) is 5.56 Å². The van der Waals surface area contributed by atoms with Gasteiger partial charge < -0.3 is 10.1 Å². The van der Waals surface area contributed by atoms with Crippen molar-refractivity contribution in [3.63, 3.8) is 0 Å². The molecule has 7 heteroatoms. The van der Waals surface area contributed by atoms with Crippen LogP contribution in [0.1, 0.15) is 28.9 Å². The summed E-state index contributed by atoms with van der Waals surface area (Å²) in [6, 6.07) is 10.2. The number of ether oxygens (including phenoxy) is 1. The molecular weight excluding hydrogens is 348 g/mol. The van der Waals surface area contributed by atoms with Crippen LogP contribution in [0.25, 0.3) is 0 Å². The molecule has 2 rings (SSSR count).